The molecule has 0 saturated carbocycles. The van der Waals surface area contributed by atoms with E-state index in [0.717, 1.165) is 21.3 Å². The highest BCUT2D eigenvalue weighted by Crippen LogP contribution is 2.30. The minimum atomic E-state index is -0.392. The molecule has 4 rings (SSSR count). The van der Waals surface area contributed by atoms with Gasteiger partial charge in [-0.05, 0) is 67.2 Å². The average molecular weight is 602 g/mol. The Morgan fingerprint density at radius 3 is 2.41 bits per heavy atom. The third kappa shape index (κ3) is 6.41. The number of carbonyl (C=O) groups excluding carboxylic acids is 2. The first-order valence-electron chi connectivity index (χ1n) is 11.6. The van der Waals surface area contributed by atoms with Crippen LogP contribution in [0.2, 0.25) is 5.02 Å². The fourth-order valence-electron chi connectivity index (χ4n) is 4.17. The molecule has 0 radical (unpaired) electrons. The molecule has 2 N–H and O–H groups in total. The molecule has 1 aliphatic rings. The van der Waals surface area contributed by atoms with Crippen LogP contribution in [0, 0.1) is 6.92 Å². The number of halogens is 2. The SMILES string of the molecule is COc1ccc(Br)cc1C(=O)NC(=S)Nc1ccc(N2CCN(C(=O)c3ccccc3C)CC2)c(Cl)c1. The highest BCUT2D eigenvalue weighted by Gasteiger charge is 2.24. The topological polar surface area (TPSA) is 73.9 Å². The van der Waals surface area contributed by atoms with E-state index in [1.54, 1.807) is 24.3 Å². The van der Waals surface area contributed by atoms with Gasteiger partial charge in [0.25, 0.3) is 11.8 Å². The Bertz CT molecular complexity index is 1340. The number of piperazine rings is 1. The Labute approximate surface area is 234 Å². The number of nitrogens with zero attached hydrogens (tertiary/aromatic N) is 2. The van der Waals surface area contributed by atoms with E-state index in [2.05, 4.69) is 31.5 Å². The normalized spacial score (nSPS) is 13.2. The first-order chi connectivity index (χ1) is 17.8. The number of rotatable bonds is 5. The van der Waals surface area contributed by atoms with Gasteiger partial charge >= 0.3 is 0 Å². The van der Waals surface area contributed by atoms with Gasteiger partial charge in [0.15, 0.2) is 5.11 Å². The second kappa shape index (κ2) is 11.9. The van der Waals surface area contributed by atoms with Crippen LogP contribution >= 0.6 is 39.7 Å². The van der Waals surface area contributed by atoms with Gasteiger partial charge in [0.05, 0.1) is 23.4 Å². The van der Waals surface area contributed by atoms with Crippen LogP contribution in [0.5, 0.6) is 5.75 Å². The maximum atomic E-state index is 12.9. The van der Waals surface area contributed by atoms with Crippen molar-refractivity contribution in [2.75, 3.05) is 43.5 Å². The summed E-state index contributed by atoms with van der Waals surface area (Å²) in [6.45, 7) is 4.52. The molecule has 10 heteroatoms. The number of benzene rings is 3. The molecular weight excluding hydrogens is 576 g/mol. The molecule has 1 fully saturated rings. The largest absolute Gasteiger partial charge is 0.496 e. The van der Waals surface area contributed by atoms with Crippen LogP contribution in [0.25, 0.3) is 0 Å². The number of carbonyl (C=O) groups is 2. The van der Waals surface area contributed by atoms with Crippen LogP contribution in [0.1, 0.15) is 26.3 Å². The molecule has 3 aromatic rings. The number of ether oxygens (including phenoxy) is 1. The van der Waals surface area contributed by atoms with Crippen molar-refractivity contribution in [1.82, 2.24) is 10.2 Å². The summed E-state index contributed by atoms with van der Waals surface area (Å²) in [6.07, 6.45) is 0. The number of hydrogen-bond donors (Lipinski definition) is 2. The molecule has 192 valence electrons. The van der Waals surface area contributed by atoms with Gasteiger partial charge < -0.3 is 19.9 Å². The van der Waals surface area contributed by atoms with Crippen molar-refractivity contribution in [1.29, 1.82) is 0 Å². The Morgan fingerprint density at radius 2 is 1.73 bits per heavy atom. The number of amides is 2. The predicted molar refractivity (Wildman–Crippen MR) is 155 cm³/mol. The van der Waals surface area contributed by atoms with Crippen molar-refractivity contribution in [3.05, 3.63) is 86.8 Å². The first kappa shape index (κ1) is 26.9. The lowest BCUT2D eigenvalue weighted by atomic mass is 10.1. The highest BCUT2D eigenvalue weighted by atomic mass is 79.9. The number of hydrogen-bond acceptors (Lipinski definition) is 5. The van der Waals surface area contributed by atoms with Gasteiger partial charge in [-0.25, -0.2) is 0 Å². The highest BCUT2D eigenvalue weighted by molar-refractivity contribution is 9.10. The predicted octanol–water partition coefficient (Wildman–Crippen LogP) is 5.51. The van der Waals surface area contributed by atoms with Crippen LogP contribution in [0.3, 0.4) is 0 Å². The van der Waals surface area contributed by atoms with Gasteiger partial charge in [0.2, 0.25) is 0 Å². The van der Waals surface area contributed by atoms with Crippen molar-refractivity contribution < 1.29 is 14.3 Å². The van der Waals surface area contributed by atoms with Crippen molar-refractivity contribution in [3.63, 3.8) is 0 Å². The number of thiocarbonyl (C=S) groups is 1. The lowest BCUT2D eigenvalue weighted by molar-refractivity contribution is 0.0746. The van der Waals surface area contributed by atoms with Crippen molar-refractivity contribution in [2.24, 2.45) is 0 Å². The lowest BCUT2D eigenvalue weighted by Crippen LogP contribution is -2.49. The van der Waals surface area contributed by atoms with Gasteiger partial charge in [-0.2, -0.15) is 0 Å². The van der Waals surface area contributed by atoms with Crippen LogP contribution in [-0.4, -0.2) is 55.1 Å². The fraction of sp³-hybridized carbons (Fsp3) is 0.222. The van der Waals surface area contributed by atoms with E-state index in [-0.39, 0.29) is 11.0 Å². The summed E-state index contributed by atoms with van der Waals surface area (Å²) >= 11 is 15.3. The van der Waals surface area contributed by atoms with Crippen molar-refractivity contribution in [2.45, 2.75) is 6.92 Å². The fourth-order valence-corrected chi connectivity index (χ4v) is 5.04. The third-order valence-electron chi connectivity index (χ3n) is 6.12. The molecule has 37 heavy (non-hydrogen) atoms. The molecule has 0 unspecified atom stereocenters. The summed E-state index contributed by atoms with van der Waals surface area (Å²) in [4.78, 5) is 29.6. The molecule has 1 aliphatic heterocycles. The minimum Gasteiger partial charge on any atom is -0.496 e. The van der Waals surface area contributed by atoms with Gasteiger partial charge in [-0.1, -0.05) is 45.7 Å². The third-order valence-corrected chi connectivity index (χ3v) is 7.12. The van der Waals surface area contributed by atoms with E-state index in [1.807, 2.05) is 48.2 Å². The molecule has 7 nitrogen and oxygen atoms in total. The summed E-state index contributed by atoms with van der Waals surface area (Å²) in [6, 6.07) is 18.3. The first-order valence-corrected chi connectivity index (χ1v) is 13.2. The molecule has 0 bridgehead atoms. The van der Waals surface area contributed by atoms with Gasteiger partial charge in [-0.3, -0.25) is 14.9 Å². The second-order valence-corrected chi connectivity index (χ2v) is 10.2. The number of nitrogens with one attached hydrogen (secondary N) is 2. The summed E-state index contributed by atoms with van der Waals surface area (Å²) in [5.74, 6) is 0.104. The zero-order valence-electron chi connectivity index (χ0n) is 20.4. The maximum absolute atomic E-state index is 12.9. The Morgan fingerprint density at radius 1 is 1.00 bits per heavy atom. The molecule has 1 heterocycles. The Kier molecular flexibility index (Phi) is 8.68. The average Bonchev–Trinajstić information content (AvgIpc) is 2.88. The quantitative estimate of drug-likeness (QED) is 0.376. The second-order valence-electron chi connectivity index (χ2n) is 8.51. The molecule has 0 aromatic heterocycles. The van der Waals surface area contributed by atoms with Gasteiger partial charge in [-0.15, -0.1) is 0 Å². The molecule has 1 saturated heterocycles. The summed E-state index contributed by atoms with van der Waals surface area (Å²) in [5, 5.41) is 6.35. The molecule has 0 atom stereocenters. The lowest BCUT2D eigenvalue weighted by Gasteiger charge is -2.36. The standard InChI is InChI=1S/C27H26BrClN4O3S/c1-17-5-3-4-6-20(17)26(35)33-13-11-32(12-14-33)23-9-8-19(16-22(23)29)30-27(37)31-25(34)21-15-18(28)7-10-24(21)36-2/h3-10,15-16H,11-14H2,1-2H3,(H2,30,31,34,37). The van der Waals surface area contributed by atoms with Crippen LogP contribution in [0.4, 0.5) is 11.4 Å². The van der Waals surface area contributed by atoms with Crippen molar-refractivity contribution in [3.8, 4) is 5.75 Å². The Hall–Kier alpha value is -3.14. The maximum Gasteiger partial charge on any atom is 0.261 e. The number of methoxy groups -OCH3 is 1. The molecule has 2 amide bonds. The summed E-state index contributed by atoms with van der Waals surface area (Å²) < 4.78 is 6.02. The summed E-state index contributed by atoms with van der Waals surface area (Å²) in [7, 11) is 1.50. The van der Waals surface area contributed by atoms with Crippen LogP contribution < -0.4 is 20.3 Å². The number of anilines is 2. The van der Waals surface area contributed by atoms with E-state index in [1.165, 1.54) is 7.11 Å². The minimum absolute atomic E-state index is 0.0550. The van der Waals surface area contributed by atoms with E-state index >= 15 is 0 Å². The Balaban J connectivity index is 1.35. The smallest absolute Gasteiger partial charge is 0.261 e. The molecule has 0 spiro atoms. The van der Waals surface area contributed by atoms with E-state index < -0.39 is 5.91 Å². The van der Waals surface area contributed by atoms with Gasteiger partial charge in [0.1, 0.15) is 5.75 Å². The van der Waals surface area contributed by atoms with Gasteiger partial charge in [0, 0.05) is 41.9 Å². The monoisotopic (exact) mass is 600 g/mol. The van der Waals surface area contributed by atoms with E-state index in [4.69, 9.17) is 28.6 Å². The summed E-state index contributed by atoms with van der Waals surface area (Å²) in [5.41, 5.74) is 3.60. The molecule has 0 aliphatic carbocycles. The zero-order chi connectivity index (χ0) is 26.5. The van der Waals surface area contributed by atoms with Crippen LogP contribution in [-0.2, 0) is 0 Å². The molecule has 3 aromatic carbocycles. The molecular formula is C27H26BrClN4O3S. The van der Waals surface area contributed by atoms with Crippen molar-refractivity contribution >= 4 is 68.1 Å². The van der Waals surface area contributed by atoms with E-state index in [0.29, 0.717) is 48.2 Å². The van der Waals surface area contributed by atoms with Crippen LogP contribution in [0.15, 0.2) is 65.1 Å². The zero-order valence-corrected chi connectivity index (χ0v) is 23.5. The van der Waals surface area contributed by atoms with E-state index in [9.17, 15) is 9.59 Å². The number of aryl methyl sites for hydroxylation is 1.